The molecule has 1 N–H and O–H groups in total. The molecule has 3 heteroatoms. The van der Waals surface area contributed by atoms with Crippen molar-refractivity contribution in [1.29, 1.82) is 0 Å². The summed E-state index contributed by atoms with van der Waals surface area (Å²) in [4.78, 5) is 0. The fraction of sp³-hybridized carbons (Fsp3) is 0.538. The summed E-state index contributed by atoms with van der Waals surface area (Å²) in [6.07, 6.45) is 1.75. The Morgan fingerprint density at radius 3 is 2.44 bits per heavy atom. The molecule has 1 aromatic carbocycles. The molecule has 0 saturated heterocycles. The Morgan fingerprint density at radius 2 is 1.88 bits per heavy atom. The summed E-state index contributed by atoms with van der Waals surface area (Å²) < 4.78 is 27.1. The van der Waals surface area contributed by atoms with E-state index >= 15 is 0 Å². The number of hydrogen-bond donors (Lipinski definition) is 1. The van der Waals surface area contributed by atoms with E-state index in [0.29, 0.717) is 11.1 Å². The van der Waals surface area contributed by atoms with Crippen LogP contribution in [0.3, 0.4) is 0 Å². The van der Waals surface area contributed by atoms with Crippen LogP contribution in [0.2, 0.25) is 0 Å². The maximum atomic E-state index is 13.7. The number of halogens is 2. The second kappa shape index (κ2) is 5.94. The first-order valence-corrected chi connectivity index (χ1v) is 5.79. The smallest absolute Gasteiger partial charge is 0.128 e. The molecule has 90 valence electrons. The van der Waals surface area contributed by atoms with E-state index in [2.05, 4.69) is 5.32 Å². The molecule has 0 spiro atoms. The van der Waals surface area contributed by atoms with Gasteiger partial charge in [-0.2, -0.15) is 0 Å². The normalized spacial score (nSPS) is 12.8. The van der Waals surface area contributed by atoms with E-state index in [1.165, 1.54) is 12.1 Å². The number of nitrogens with one attached hydrogen (secondary N) is 1. The van der Waals surface area contributed by atoms with Gasteiger partial charge in [0.2, 0.25) is 0 Å². The summed E-state index contributed by atoms with van der Waals surface area (Å²) in [6, 6.07) is 2.49. The molecule has 16 heavy (non-hydrogen) atoms. The van der Waals surface area contributed by atoms with Gasteiger partial charge in [0, 0.05) is 11.6 Å². The minimum Gasteiger partial charge on any atom is -0.310 e. The molecule has 0 aliphatic heterocycles. The predicted octanol–water partition coefficient (Wildman–Crippen LogP) is 3.72. The maximum Gasteiger partial charge on any atom is 0.128 e. The van der Waals surface area contributed by atoms with Gasteiger partial charge in [-0.15, -0.1) is 0 Å². The van der Waals surface area contributed by atoms with E-state index in [1.54, 1.807) is 6.92 Å². The van der Waals surface area contributed by atoms with E-state index < -0.39 is 0 Å². The second-order valence-corrected chi connectivity index (χ2v) is 4.02. The first-order chi connectivity index (χ1) is 7.60. The molecular formula is C13H19F2N. The van der Waals surface area contributed by atoms with Crippen molar-refractivity contribution in [3.8, 4) is 0 Å². The molecular weight excluding hydrogens is 208 g/mol. The summed E-state index contributed by atoms with van der Waals surface area (Å²) in [7, 11) is 0. The second-order valence-electron chi connectivity index (χ2n) is 4.02. The fourth-order valence-corrected chi connectivity index (χ4v) is 1.83. The van der Waals surface area contributed by atoms with Crippen molar-refractivity contribution >= 4 is 0 Å². The molecule has 0 saturated carbocycles. The number of benzene rings is 1. The zero-order valence-electron chi connectivity index (χ0n) is 10.1. The SMILES string of the molecule is CCCC(NCC)c1cc(F)c(C)cc1F. The van der Waals surface area contributed by atoms with Gasteiger partial charge < -0.3 is 5.32 Å². The Morgan fingerprint density at radius 1 is 1.19 bits per heavy atom. The Labute approximate surface area is 95.9 Å². The van der Waals surface area contributed by atoms with Gasteiger partial charge in [-0.05, 0) is 37.6 Å². The minimum absolute atomic E-state index is 0.0925. The van der Waals surface area contributed by atoms with Crippen LogP contribution in [0.4, 0.5) is 8.78 Å². The molecule has 1 atom stereocenters. The van der Waals surface area contributed by atoms with Crippen molar-refractivity contribution in [1.82, 2.24) is 5.32 Å². The van der Waals surface area contributed by atoms with Crippen molar-refractivity contribution in [2.45, 2.75) is 39.7 Å². The Bertz CT molecular complexity index is 344. The van der Waals surface area contributed by atoms with Gasteiger partial charge in [0.1, 0.15) is 11.6 Å². The fourth-order valence-electron chi connectivity index (χ4n) is 1.83. The van der Waals surface area contributed by atoms with Crippen LogP contribution in [-0.4, -0.2) is 6.54 Å². The minimum atomic E-state index is -0.338. The van der Waals surface area contributed by atoms with Gasteiger partial charge in [0.05, 0.1) is 0 Å². The van der Waals surface area contributed by atoms with E-state index in [-0.39, 0.29) is 17.7 Å². The topological polar surface area (TPSA) is 12.0 Å². The van der Waals surface area contributed by atoms with Gasteiger partial charge in [-0.3, -0.25) is 0 Å². The Balaban J connectivity index is 3.03. The highest BCUT2D eigenvalue weighted by Gasteiger charge is 2.16. The molecule has 0 heterocycles. The van der Waals surface area contributed by atoms with Crippen LogP contribution >= 0.6 is 0 Å². The lowest BCUT2D eigenvalue weighted by molar-refractivity contribution is 0.474. The zero-order valence-corrected chi connectivity index (χ0v) is 10.1. The summed E-state index contributed by atoms with van der Waals surface area (Å²) in [5.41, 5.74) is 0.791. The molecule has 1 rings (SSSR count). The van der Waals surface area contributed by atoms with Gasteiger partial charge in [-0.1, -0.05) is 20.3 Å². The monoisotopic (exact) mass is 227 g/mol. The van der Waals surface area contributed by atoms with Crippen molar-refractivity contribution < 1.29 is 8.78 Å². The quantitative estimate of drug-likeness (QED) is 0.808. The number of hydrogen-bond acceptors (Lipinski definition) is 1. The average Bonchev–Trinajstić information content (AvgIpc) is 2.23. The van der Waals surface area contributed by atoms with Crippen LogP contribution in [0.25, 0.3) is 0 Å². The molecule has 0 radical (unpaired) electrons. The van der Waals surface area contributed by atoms with Crippen molar-refractivity contribution in [2.24, 2.45) is 0 Å². The van der Waals surface area contributed by atoms with E-state index in [1.807, 2.05) is 13.8 Å². The third kappa shape index (κ3) is 3.01. The Hall–Kier alpha value is -0.960. The highest BCUT2D eigenvalue weighted by atomic mass is 19.1. The number of rotatable bonds is 5. The van der Waals surface area contributed by atoms with Crippen LogP contribution in [-0.2, 0) is 0 Å². The van der Waals surface area contributed by atoms with Crippen LogP contribution < -0.4 is 5.32 Å². The third-order valence-electron chi connectivity index (χ3n) is 2.68. The summed E-state index contributed by atoms with van der Waals surface area (Å²) >= 11 is 0. The van der Waals surface area contributed by atoms with Crippen molar-refractivity contribution in [3.63, 3.8) is 0 Å². The number of aryl methyl sites for hydroxylation is 1. The highest BCUT2D eigenvalue weighted by Crippen LogP contribution is 2.24. The Kier molecular flexibility index (Phi) is 4.87. The predicted molar refractivity (Wildman–Crippen MR) is 62.4 cm³/mol. The molecule has 1 aromatic rings. The first kappa shape index (κ1) is 13.1. The van der Waals surface area contributed by atoms with Gasteiger partial charge in [0.15, 0.2) is 0 Å². The summed E-state index contributed by atoms with van der Waals surface area (Å²) in [6.45, 7) is 6.32. The molecule has 0 aliphatic carbocycles. The molecule has 0 aromatic heterocycles. The van der Waals surface area contributed by atoms with Crippen molar-refractivity contribution in [3.05, 3.63) is 34.9 Å². The average molecular weight is 227 g/mol. The van der Waals surface area contributed by atoms with Crippen LogP contribution in [0.1, 0.15) is 43.9 Å². The van der Waals surface area contributed by atoms with Gasteiger partial charge in [0.25, 0.3) is 0 Å². The molecule has 0 amide bonds. The van der Waals surface area contributed by atoms with Crippen LogP contribution in [0.15, 0.2) is 12.1 Å². The van der Waals surface area contributed by atoms with E-state index in [0.717, 1.165) is 19.4 Å². The molecule has 1 nitrogen and oxygen atoms in total. The molecule has 0 bridgehead atoms. The van der Waals surface area contributed by atoms with Crippen molar-refractivity contribution in [2.75, 3.05) is 6.54 Å². The summed E-state index contributed by atoms with van der Waals surface area (Å²) in [5.74, 6) is -0.659. The third-order valence-corrected chi connectivity index (χ3v) is 2.68. The highest BCUT2D eigenvalue weighted by molar-refractivity contribution is 5.27. The zero-order chi connectivity index (χ0) is 12.1. The van der Waals surface area contributed by atoms with Crippen LogP contribution in [0, 0.1) is 18.6 Å². The summed E-state index contributed by atoms with van der Waals surface area (Å²) in [5, 5.41) is 3.18. The molecule has 0 fully saturated rings. The standard InChI is InChI=1S/C13H19F2N/c1-4-6-13(16-5-2)10-8-11(14)9(3)7-12(10)15/h7-8,13,16H,4-6H2,1-3H3. The van der Waals surface area contributed by atoms with Crippen LogP contribution in [0.5, 0.6) is 0 Å². The van der Waals surface area contributed by atoms with Gasteiger partial charge >= 0.3 is 0 Å². The lowest BCUT2D eigenvalue weighted by atomic mass is 10.00. The van der Waals surface area contributed by atoms with Gasteiger partial charge in [-0.25, -0.2) is 8.78 Å². The van der Waals surface area contributed by atoms with E-state index in [9.17, 15) is 8.78 Å². The lowest BCUT2D eigenvalue weighted by Gasteiger charge is -2.18. The lowest BCUT2D eigenvalue weighted by Crippen LogP contribution is -2.22. The molecule has 1 unspecified atom stereocenters. The van der Waals surface area contributed by atoms with E-state index in [4.69, 9.17) is 0 Å². The first-order valence-electron chi connectivity index (χ1n) is 5.79. The largest absolute Gasteiger partial charge is 0.310 e. The molecule has 0 aliphatic rings. The maximum absolute atomic E-state index is 13.7.